The summed E-state index contributed by atoms with van der Waals surface area (Å²) in [4.78, 5) is 14.3. The Labute approximate surface area is 105 Å². The van der Waals surface area contributed by atoms with E-state index in [1.165, 1.54) is 6.20 Å². The minimum Gasteiger partial charge on any atom is -0.393 e. The van der Waals surface area contributed by atoms with Crippen LogP contribution in [0.5, 0.6) is 0 Å². The fourth-order valence-corrected chi connectivity index (χ4v) is 2.25. The summed E-state index contributed by atoms with van der Waals surface area (Å²) in [5.41, 5.74) is 0.646. The first-order valence-corrected chi connectivity index (χ1v) is 6.12. The molecule has 1 aliphatic rings. The Morgan fingerprint density at radius 1 is 1.44 bits per heavy atom. The number of aliphatic hydroxyl groups excluding tert-OH is 1. The lowest BCUT2D eigenvalue weighted by Gasteiger charge is -2.26. The number of rotatable bonds is 3. The standard InChI is InChI=1S/C12H17N3O3/c1-8-6-12(13-7-11(8)15(17)18)14-9-2-4-10(16)5-3-9/h6-7,9-10,16H,2-5H2,1H3,(H,13,14). The van der Waals surface area contributed by atoms with E-state index in [-0.39, 0.29) is 11.8 Å². The lowest BCUT2D eigenvalue weighted by molar-refractivity contribution is -0.385. The predicted molar refractivity (Wildman–Crippen MR) is 67.5 cm³/mol. The molecule has 1 saturated carbocycles. The van der Waals surface area contributed by atoms with Gasteiger partial charge in [-0.15, -0.1) is 0 Å². The fourth-order valence-electron chi connectivity index (χ4n) is 2.25. The Balaban J connectivity index is 2.02. The number of nitrogens with one attached hydrogen (secondary N) is 1. The van der Waals surface area contributed by atoms with Crippen molar-refractivity contribution >= 4 is 11.5 Å². The SMILES string of the molecule is Cc1cc(NC2CCC(O)CC2)ncc1[N+](=O)[O-]. The van der Waals surface area contributed by atoms with E-state index in [1.807, 2.05) is 0 Å². The predicted octanol–water partition coefficient (Wildman–Crippen LogP) is 2.01. The van der Waals surface area contributed by atoms with Crippen molar-refractivity contribution in [1.82, 2.24) is 4.98 Å². The van der Waals surface area contributed by atoms with Crippen LogP contribution in [0.15, 0.2) is 12.3 Å². The van der Waals surface area contributed by atoms with Gasteiger partial charge in [0.25, 0.3) is 5.69 Å². The Hall–Kier alpha value is -1.69. The number of hydrogen-bond acceptors (Lipinski definition) is 5. The van der Waals surface area contributed by atoms with Crippen molar-refractivity contribution in [3.63, 3.8) is 0 Å². The van der Waals surface area contributed by atoms with Crippen LogP contribution in [0.3, 0.4) is 0 Å². The highest BCUT2D eigenvalue weighted by Gasteiger charge is 2.20. The van der Waals surface area contributed by atoms with Crippen LogP contribution in [0, 0.1) is 17.0 Å². The molecule has 6 heteroatoms. The van der Waals surface area contributed by atoms with Crippen molar-refractivity contribution in [2.24, 2.45) is 0 Å². The molecule has 0 aromatic carbocycles. The first kappa shape index (κ1) is 12.8. The smallest absolute Gasteiger partial charge is 0.290 e. The molecule has 98 valence electrons. The van der Waals surface area contributed by atoms with E-state index in [4.69, 9.17) is 0 Å². The summed E-state index contributed by atoms with van der Waals surface area (Å²) in [6.07, 6.45) is 4.50. The van der Waals surface area contributed by atoms with Gasteiger partial charge in [0, 0.05) is 11.6 Å². The molecule has 0 unspecified atom stereocenters. The molecule has 0 bridgehead atoms. The molecule has 2 N–H and O–H groups in total. The number of aryl methyl sites for hydroxylation is 1. The molecule has 0 atom stereocenters. The zero-order chi connectivity index (χ0) is 13.1. The summed E-state index contributed by atoms with van der Waals surface area (Å²) in [6, 6.07) is 1.99. The van der Waals surface area contributed by atoms with Crippen molar-refractivity contribution in [3.8, 4) is 0 Å². The van der Waals surface area contributed by atoms with Crippen molar-refractivity contribution in [2.45, 2.75) is 44.8 Å². The summed E-state index contributed by atoms with van der Waals surface area (Å²) < 4.78 is 0. The zero-order valence-corrected chi connectivity index (χ0v) is 10.3. The summed E-state index contributed by atoms with van der Waals surface area (Å²) in [7, 11) is 0. The molecule has 0 amide bonds. The van der Waals surface area contributed by atoms with Gasteiger partial charge in [0.15, 0.2) is 0 Å². The van der Waals surface area contributed by atoms with Crippen molar-refractivity contribution in [2.75, 3.05) is 5.32 Å². The maximum Gasteiger partial charge on any atom is 0.290 e. The molecule has 0 radical (unpaired) electrons. The largest absolute Gasteiger partial charge is 0.393 e. The highest BCUT2D eigenvalue weighted by atomic mass is 16.6. The third-order valence-corrected chi connectivity index (χ3v) is 3.33. The lowest BCUT2D eigenvalue weighted by Crippen LogP contribution is -2.28. The normalized spacial score (nSPS) is 23.7. The highest BCUT2D eigenvalue weighted by Crippen LogP contribution is 2.23. The molecule has 1 aliphatic carbocycles. The van der Waals surface area contributed by atoms with Gasteiger partial charge >= 0.3 is 0 Å². The van der Waals surface area contributed by atoms with Gasteiger partial charge in [0.1, 0.15) is 12.0 Å². The molecule has 1 aromatic heterocycles. The number of aliphatic hydroxyl groups is 1. The average molecular weight is 251 g/mol. The highest BCUT2D eigenvalue weighted by molar-refractivity contribution is 5.47. The molecule has 0 spiro atoms. The van der Waals surface area contributed by atoms with Crippen LogP contribution < -0.4 is 5.32 Å². The molecular formula is C12H17N3O3. The number of aromatic nitrogens is 1. The maximum absolute atomic E-state index is 10.7. The summed E-state index contributed by atoms with van der Waals surface area (Å²) in [5.74, 6) is 0.666. The molecule has 6 nitrogen and oxygen atoms in total. The van der Waals surface area contributed by atoms with Crippen LogP contribution >= 0.6 is 0 Å². The second-order valence-corrected chi connectivity index (χ2v) is 4.76. The van der Waals surface area contributed by atoms with Gasteiger partial charge in [-0.3, -0.25) is 10.1 Å². The molecule has 1 aromatic rings. The third-order valence-electron chi connectivity index (χ3n) is 3.33. The fraction of sp³-hybridized carbons (Fsp3) is 0.583. The summed E-state index contributed by atoms with van der Waals surface area (Å²) in [5, 5.41) is 23.4. The van der Waals surface area contributed by atoms with E-state index in [1.54, 1.807) is 13.0 Å². The van der Waals surface area contributed by atoms with E-state index in [9.17, 15) is 15.2 Å². The Morgan fingerprint density at radius 3 is 2.67 bits per heavy atom. The maximum atomic E-state index is 10.7. The van der Waals surface area contributed by atoms with Gasteiger partial charge in [0.2, 0.25) is 0 Å². The van der Waals surface area contributed by atoms with Gasteiger partial charge < -0.3 is 10.4 Å². The third kappa shape index (κ3) is 2.95. The molecule has 2 rings (SSSR count). The van der Waals surface area contributed by atoms with E-state index in [0.29, 0.717) is 17.4 Å². The van der Waals surface area contributed by atoms with E-state index in [0.717, 1.165) is 25.7 Å². The first-order valence-electron chi connectivity index (χ1n) is 6.12. The number of anilines is 1. The van der Waals surface area contributed by atoms with Gasteiger partial charge in [-0.05, 0) is 38.7 Å². The lowest BCUT2D eigenvalue weighted by atomic mass is 9.93. The van der Waals surface area contributed by atoms with Crippen LogP contribution in [-0.2, 0) is 0 Å². The molecule has 1 heterocycles. The summed E-state index contributed by atoms with van der Waals surface area (Å²) >= 11 is 0. The minimum atomic E-state index is -0.428. The van der Waals surface area contributed by atoms with Crippen molar-refractivity contribution < 1.29 is 10.0 Å². The second-order valence-electron chi connectivity index (χ2n) is 4.76. The number of hydrogen-bond donors (Lipinski definition) is 2. The number of pyridine rings is 1. The van der Waals surface area contributed by atoms with E-state index >= 15 is 0 Å². The Kier molecular flexibility index (Phi) is 3.76. The monoisotopic (exact) mass is 251 g/mol. The molecule has 18 heavy (non-hydrogen) atoms. The Bertz CT molecular complexity index is 442. The zero-order valence-electron chi connectivity index (χ0n) is 10.3. The molecule has 0 aliphatic heterocycles. The van der Waals surface area contributed by atoms with Gasteiger partial charge in [0.05, 0.1) is 11.0 Å². The molecular weight excluding hydrogens is 234 g/mol. The van der Waals surface area contributed by atoms with Crippen molar-refractivity contribution in [3.05, 3.63) is 27.9 Å². The van der Waals surface area contributed by atoms with Crippen LogP contribution in [0.4, 0.5) is 11.5 Å². The van der Waals surface area contributed by atoms with Gasteiger partial charge in [-0.25, -0.2) is 4.98 Å². The first-order chi connectivity index (χ1) is 8.56. The quantitative estimate of drug-likeness (QED) is 0.633. The second kappa shape index (κ2) is 5.30. The van der Waals surface area contributed by atoms with E-state index < -0.39 is 4.92 Å². The summed E-state index contributed by atoms with van der Waals surface area (Å²) in [6.45, 7) is 1.70. The average Bonchev–Trinajstić information content (AvgIpc) is 2.32. The van der Waals surface area contributed by atoms with E-state index in [2.05, 4.69) is 10.3 Å². The minimum absolute atomic E-state index is 0.0413. The van der Waals surface area contributed by atoms with Gasteiger partial charge in [-0.2, -0.15) is 0 Å². The molecule has 0 saturated heterocycles. The van der Waals surface area contributed by atoms with Crippen LogP contribution in [0.25, 0.3) is 0 Å². The number of nitrogens with zero attached hydrogens (tertiary/aromatic N) is 2. The number of nitro groups is 1. The topological polar surface area (TPSA) is 88.3 Å². The van der Waals surface area contributed by atoms with Crippen LogP contribution in [-0.4, -0.2) is 27.2 Å². The van der Waals surface area contributed by atoms with Crippen LogP contribution in [0.2, 0.25) is 0 Å². The van der Waals surface area contributed by atoms with Crippen molar-refractivity contribution in [1.29, 1.82) is 0 Å². The van der Waals surface area contributed by atoms with Crippen LogP contribution in [0.1, 0.15) is 31.2 Å². The van der Waals surface area contributed by atoms with Gasteiger partial charge in [-0.1, -0.05) is 0 Å². The Morgan fingerprint density at radius 2 is 2.11 bits per heavy atom. The molecule has 1 fully saturated rings.